The van der Waals surface area contributed by atoms with Crippen molar-refractivity contribution in [3.05, 3.63) is 4.88 Å². The molecule has 1 fully saturated rings. The summed E-state index contributed by atoms with van der Waals surface area (Å²) in [4.78, 5) is 15.6. The van der Waals surface area contributed by atoms with Crippen molar-refractivity contribution in [2.24, 2.45) is 0 Å². The molecule has 2 N–H and O–H groups in total. The molecule has 106 valence electrons. The Morgan fingerprint density at radius 3 is 2.89 bits per heavy atom. The Labute approximate surface area is 126 Å². The minimum Gasteiger partial charge on any atom is -0.465 e. The fourth-order valence-electron chi connectivity index (χ4n) is 2.07. The highest BCUT2D eigenvalue weighted by atomic mass is 32.2. The standard InChI is InChI=1S/C12H18N2O2S3/c1-7-6-14(4-5-18-7)11-9(17-3)8(13)10(19-11)12(15)16-2/h7H,4-6,13H2,1-3H3. The number of nitrogens with zero attached hydrogens (tertiary/aromatic N) is 1. The van der Waals surface area contributed by atoms with E-state index in [1.54, 1.807) is 11.8 Å². The average Bonchev–Trinajstić information content (AvgIpc) is 2.75. The van der Waals surface area contributed by atoms with Crippen molar-refractivity contribution in [3.63, 3.8) is 0 Å². The maximum Gasteiger partial charge on any atom is 0.350 e. The van der Waals surface area contributed by atoms with Crippen molar-refractivity contribution in [2.75, 3.05) is 42.8 Å². The summed E-state index contributed by atoms with van der Waals surface area (Å²) in [7, 11) is 1.39. The molecule has 0 aliphatic carbocycles. The Hall–Kier alpha value is -0.530. The van der Waals surface area contributed by atoms with E-state index in [1.807, 2.05) is 18.0 Å². The molecule has 1 aromatic rings. The van der Waals surface area contributed by atoms with E-state index >= 15 is 0 Å². The van der Waals surface area contributed by atoms with E-state index in [9.17, 15) is 4.79 Å². The number of thioether (sulfide) groups is 2. The minimum atomic E-state index is -0.344. The lowest BCUT2D eigenvalue weighted by atomic mass is 10.3. The SMILES string of the molecule is COC(=O)c1sc(N2CCSC(C)C2)c(SC)c1N. The van der Waals surface area contributed by atoms with Crippen LogP contribution < -0.4 is 10.6 Å². The fraction of sp³-hybridized carbons (Fsp3) is 0.583. The van der Waals surface area contributed by atoms with Gasteiger partial charge in [0.15, 0.2) is 0 Å². The van der Waals surface area contributed by atoms with Gasteiger partial charge in [0, 0.05) is 24.1 Å². The summed E-state index contributed by atoms with van der Waals surface area (Å²) in [6.45, 7) is 4.23. The van der Waals surface area contributed by atoms with Gasteiger partial charge < -0.3 is 15.4 Å². The molecule has 2 rings (SSSR count). The molecule has 7 heteroatoms. The molecule has 1 unspecified atom stereocenters. The summed E-state index contributed by atoms with van der Waals surface area (Å²) in [6.07, 6.45) is 1.99. The van der Waals surface area contributed by atoms with Crippen molar-refractivity contribution in [3.8, 4) is 0 Å². The number of ether oxygens (including phenoxy) is 1. The molecule has 4 nitrogen and oxygen atoms in total. The van der Waals surface area contributed by atoms with Gasteiger partial charge in [0.1, 0.15) is 9.88 Å². The van der Waals surface area contributed by atoms with Crippen molar-refractivity contribution >= 4 is 51.5 Å². The predicted octanol–water partition coefficient (Wildman–Crippen LogP) is 2.78. The number of methoxy groups -OCH3 is 1. The lowest BCUT2D eigenvalue weighted by Gasteiger charge is -2.31. The van der Waals surface area contributed by atoms with Crippen LogP contribution in [-0.4, -0.2) is 43.4 Å². The van der Waals surface area contributed by atoms with Crippen molar-refractivity contribution < 1.29 is 9.53 Å². The lowest BCUT2D eigenvalue weighted by Crippen LogP contribution is -2.36. The van der Waals surface area contributed by atoms with Crippen molar-refractivity contribution in [1.29, 1.82) is 0 Å². The molecule has 1 aliphatic heterocycles. The number of carbonyl (C=O) groups excluding carboxylic acids is 1. The zero-order chi connectivity index (χ0) is 14.0. The first-order chi connectivity index (χ1) is 9.08. The third kappa shape index (κ3) is 2.98. The molecule has 1 aromatic heterocycles. The molecule has 0 bridgehead atoms. The highest BCUT2D eigenvalue weighted by Gasteiger charge is 2.26. The maximum absolute atomic E-state index is 11.7. The van der Waals surface area contributed by atoms with E-state index in [4.69, 9.17) is 10.5 Å². The lowest BCUT2D eigenvalue weighted by molar-refractivity contribution is 0.0607. The molecule has 0 saturated carbocycles. The van der Waals surface area contributed by atoms with E-state index in [0.717, 1.165) is 28.7 Å². The number of carbonyl (C=O) groups is 1. The predicted molar refractivity (Wildman–Crippen MR) is 86.0 cm³/mol. The van der Waals surface area contributed by atoms with Gasteiger partial charge in [-0.2, -0.15) is 11.8 Å². The number of hydrogen-bond acceptors (Lipinski definition) is 7. The first-order valence-electron chi connectivity index (χ1n) is 5.99. The molecule has 1 atom stereocenters. The number of anilines is 2. The second kappa shape index (κ2) is 6.28. The smallest absolute Gasteiger partial charge is 0.350 e. The number of rotatable bonds is 3. The number of esters is 1. The summed E-state index contributed by atoms with van der Waals surface area (Å²) < 4.78 is 4.80. The van der Waals surface area contributed by atoms with Crippen LogP contribution in [0.15, 0.2) is 4.90 Å². The van der Waals surface area contributed by atoms with Gasteiger partial charge in [0.05, 0.1) is 17.7 Å². The number of nitrogens with two attached hydrogens (primary N) is 1. The van der Waals surface area contributed by atoms with Gasteiger partial charge in [-0.3, -0.25) is 0 Å². The molecule has 1 saturated heterocycles. The molecule has 1 aliphatic rings. The average molecular weight is 318 g/mol. The molecular formula is C12H18N2O2S3. The van der Waals surface area contributed by atoms with Gasteiger partial charge in [-0.15, -0.1) is 23.1 Å². The van der Waals surface area contributed by atoms with Crippen LogP contribution >= 0.6 is 34.9 Å². The van der Waals surface area contributed by atoms with Crippen LogP contribution in [0.2, 0.25) is 0 Å². The Bertz CT molecular complexity index is 476. The first-order valence-corrected chi connectivity index (χ1v) is 9.08. The zero-order valence-corrected chi connectivity index (χ0v) is 13.7. The molecular weight excluding hydrogens is 300 g/mol. The van der Waals surface area contributed by atoms with Crippen LogP contribution in [-0.2, 0) is 4.74 Å². The second-order valence-corrected chi connectivity index (χ2v) is 7.66. The van der Waals surface area contributed by atoms with E-state index in [2.05, 4.69) is 11.8 Å². The van der Waals surface area contributed by atoms with Crippen LogP contribution in [0.5, 0.6) is 0 Å². The molecule has 19 heavy (non-hydrogen) atoms. The van der Waals surface area contributed by atoms with Gasteiger partial charge in [0.2, 0.25) is 0 Å². The first kappa shape index (κ1) is 14.9. The highest BCUT2D eigenvalue weighted by molar-refractivity contribution is 8.00. The van der Waals surface area contributed by atoms with Crippen LogP contribution in [0.3, 0.4) is 0 Å². The highest BCUT2D eigenvalue weighted by Crippen LogP contribution is 2.45. The van der Waals surface area contributed by atoms with Crippen molar-refractivity contribution in [1.82, 2.24) is 0 Å². The maximum atomic E-state index is 11.7. The third-order valence-corrected chi connectivity index (χ3v) is 6.32. The number of hydrogen-bond donors (Lipinski definition) is 1. The van der Waals surface area contributed by atoms with Gasteiger partial charge in [-0.1, -0.05) is 6.92 Å². The van der Waals surface area contributed by atoms with Crippen LogP contribution in [0.4, 0.5) is 10.7 Å². The van der Waals surface area contributed by atoms with E-state index in [1.165, 1.54) is 18.4 Å². The molecule has 0 aromatic carbocycles. The summed E-state index contributed by atoms with van der Waals surface area (Å²) in [6, 6.07) is 0. The van der Waals surface area contributed by atoms with Crippen molar-refractivity contribution in [2.45, 2.75) is 17.1 Å². The van der Waals surface area contributed by atoms with E-state index in [-0.39, 0.29) is 5.97 Å². The quantitative estimate of drug-likeness (QED) is 0.683. The Balaban J connectivity index is 2.36. The minimum absolute atomic E-state index is 0.344. The summed E-state index contributed by atoms with van der Waals surface area (Å²) in [5.74, 6) is 0.767. The molecule has 0 spiro atoms. The summed E-state index contributed by atoms with van der Waals surface area (Å²) in [5.41, 5.74) is 6.65. The number of thiophene rings is 1. The Kier molecular flexibility index (Phi) is 4.92. The van der Waals surface area contributed by atoms with Crippen LogP contribution in [0.1, 0.15) is 16.6 Å². The van der Waals surface area contributed by atoms with Crippen LogP contribution in [0, 0.1) is 0 Å². The monoisotopic (exact) mass is 318 g/mol. The summed E-state index contributed by atoms with van der Waals surface area (Å²) >= 11 is 5.03. The Morgan fingerprint density at radius 1 is 1.58 bits per heavy atom. The topological polar surface area (TPSA) is 55.6 Å². The zero-order valence-electron chi connectivity index (χ0n) is 11.3. The summed E-state index contributed by atoms with van der Waals surface area (Å²) in [5, 5.41) is 1.71. The number of nitrogen functional groups attached to an aromatic ring is 1. The molecule has 0 amide bonds. The van der Waals surface area contributed by atoms with E-state index in [0.29, 0.717) is 15.8 Å². The third-order valence-electron chi connectivity index (χ3n) is 2.99. The normalized spacial score (nSPS) is 19.5. The van der Waals surface area contributed by atoms with Gasteiger partial charge in [-0.25, -0.2) is 4.79 Å². The Morgan fingerprint density at radius 2 is 2.32 bits per heavy atom. The van der Waals surface area contributed by atoms with Gasteiger partial charge in [0.25, 0.3) is 0 Å². The van der Waals surface area contributed by atoms with Gasteiger partial charge >= 0.3 is 5.97 Å². The second-order valence-electron chi connectivity index (χ2n) is 4.30. The van der Waals surface area contributed by atoms with E-state index < -0.39 is 0 Å². The molecule has 0 radical (unpaired) electrons. The van der Waals surface area contributed by atoms with Gasteiger partial charge in [-0.05, 0) is 6.26 Å². The fourth-order valence-corrected chi connectivity index (χ4v) is 5.22. The largest absolute Gasteiger partial charge is 0.465 e. The molecule has 2 heterocycles. The van der Waals surface area contributed by atoms with Crippen LogP contribution in [0.25, 0.3) is 0 Å².